The molecule has 33 heavy (non-hydrogen) atoms. The highest BCUT2D eigenvalue weighted by atomic mass is 32.2. The molecule has 0 saturated heterocycles. The molecule has 3 heterocycles. The van der Waals surface area contributed by atoms with E-state index < -0.39 is 12.1 Å². The van der Waals surface area contributed by atoms with E-state index in [1.807, 2.05) is 25.1 Å². The van der Waals surface area contributed by atoms with E-state index in [0.717, 1.165) is 33.7 Å². The molecule has 0 fully saturated rings. The van der Waals surface area contributed by atoms with Gasteiger partial charge in [0.05, 0.1) is 5.70 Å². The smallest absolute Gasteiger partial charge is 0.226 e. The van der Waals surface area contributed by atoms with Gasteiger partial charge < -0.3 is 10.1 Å². The van der Waals surface area contributed by atoms with Gasteiger partial charge in [-0.05, 0) is 49.1 Å². The van der Waals surface area contributed by atoms with Crippen LogP contribution in [-0.4, -0.2) is 21.0 Å². The standard InChI is InChI=1S/C26H21FN4OS/c1-15-7-12-21-19(13-15)23-22(25(32-21)16-8-10-17(33-2)11-9-16)24(18-5-3-4-6-20(18)27)31-26(30-23)28-14-29-31/h3-14,24-25H,1-2H3,(H,28,29,30)/t24-,25+/m0/s1. The summed E-state index contributed by atoms with van der Waals surface area (Å²) in [6.45, 7) is 2.05. The zero-order valence-corrected chi connectivity index (χ0v) is 18.9. The molecule has 1 aromatic heterocycles. The monoisotopic (exact) mass is 456 g/mol. The number of thioether (sulfide) groups is 1. The summed E-state index contributed by atoms with van der Waals surface area (Å²) in [5.74, 6) is 1.07. The maximum Gasteiger partial charge on any atom is 0.226 e. The number of aromatic nitrogens is 3. The van der Waals surface area contributed by atoms with Crippen molar-refractivity contribution in [3.63, 3.8) is 0 Å². The van der Waals surface area contributed by atoms with Gasteiger partial charge in [-0.1, -0.05) is 42.0 Å². The molecule has 3 aromatic carbocycles. The minimum atomic E-state index is -0.501. The molecule has 0 unspecified atom stereocenters. The van der Waals surface area contributed by atoms with Gasteiger partial charge in [0.15, 0.2) is 0 Å². The predicted molar refractivity (Wildman–Crippen MR) is 128 cm³/mol. The average Bonchev–Trinajstić information content (AvgIpc) is 3.31. The summed E-state index contributed by atoms with van der Waals surface area (Å²) in [5, 5.41) is 7.93. The van der Waals surface area contributed by atoms with Crippen molar-refractivity contribution in [2.75, 3.05) is 11.6 Å². The van der Waals surface area contributed by atoms with Crippen molar-refractivity contribution in [3.05, 3.63) is 107 Å². The minimum Gasteiger partial charge on any atom is -0.480 e. The fourth-order valence-corrected chi connectivity index (χ4v) is 5.04. The van der Waals surface area contributed by atoms with Crippen molar-refractivity contribution in [1.29, 1.82) is 0 Å². The van der Waals surface area contributed by atoms with Crippen molar-refractivity contribution >= 4 is 23.4 Å². The SMILES string of the molecule is CSc1ccc([C@H]2Oc3ccc(C)cc3C3=C2[C@H](c2ccccc2F)n2ncnc2N3)cc1. The molecule has 0 spiro atoms. The molecule has 1 N–H and O–H groups in total. The van der Waals surface area contributed by atoms with Crippen LogP contribution >= 0.6 is 11.8 Å². The van der Waals surface area contributed by atoms with Gasteiger partial charge in [0, 0.05) is 21.6 Å². The van der Waals surface area contributed by atoms with E-state index in [9.17, 15) is 0 Å². The summed E-state index contributed by atoms with van der Waals surface area (Å²) in [5.41, 5.74) is 5.39. The van der Waals surface area contributed by atoms with Crippen LogP contribution in [0.2, 0.25) is 0 Å². The van der Waals surface area contributed by atoms with Gasteiger partial charge in [0.2, 0.25) is 5.95 Å². The van der Waals surface area contributed by atoms with Crippen molar-refractivity contribution < 1.29 is 9.13 Å². The Hall–Kier alpha value is -3.58. The molecule has 2 aliphatic heterocycles. The molecule has 7 heteroatoms. The van der Waals surface area contributed by atoms with Gasteiger partial charge in [-0.3, -0.25) is 0 Å². The lowest BCUT2D eigenvalue weighted by atomic mass is 9.84. The van der Waals surface area contributed by atoms with Crippen molar-refractivity contribution in [3.8, 4) is 5.75 Å². The van der Waals surface area contributed by atoms with E-state index in [4.69, 9.17) is 4.74 Å². The number of rotatable bonds is 3. The molecule has 5 nitrogen and oxygen atoms in total. The van der Waals surface area contributed by atoms with Gasteiger partial charge >= 0.3 is 0 Å². The normalized spacial score (nSPS) is 18.6. The number of hydrogen-bond acceptors (Lipinski definition) is 5. The van der Waals surface area contributed by atoms with E-state index >= 15 is 4.39 Å². The van der Waals surface area contributed by atoms with Crippen LogP contribution in [0, 0.1) is 12.7 Å². The van der Waals surface area contributed by atoms with Crippen molar-refractivity contribution in [2.24, 2.45) is 0 Å². The first kappa shape index (κ1) is 20.1. The Kier molecular flexibility index (Phi) is 4.73. The highest BCUT2D eigenvalue weighted by molar-refractivity contribution is 7.98. The van der Waals surface area contributed by atoms with Crippen LogP contribution in [-0.2, 0) is 0 Å². The topological polar surface area (TPSA) is 52.0 Å². The lowest BCUT2D eigenvalue weighted by Gasteiger charge is -2.39. The second kappa shape index (κ2) is 7.78. The Labute approximate surface area is 195 Å². The maximum atomic E-state index is 15.2. The van der Waals surface area contributed by atoms with Crippen LogP contribution in [0.25, 0.3) is 5.70 Å². The Morgan fingerprint density at radius 3 is 2.67 bits per heavy atom. The van der Waals surface area contributed by atoms with Gasteiger partial charge in [0.1, 0.15) is 30.0 Å². The summed E-state index contributed by atoms with van der Waals surface area (Å²) < 4.78 is 23.5. The molecule has 0 radical (unpaired) electrons. The number of anilines is 1. The van der Waals surface area contributed by atoms with Crippen LogP contribution in [0.5, 0.6) is 5.75 Å². The van der Waals surface area contributed by atoms with Crippen molar-refractivity contribution in [1.82, 2.24) is 14.8 Å². The zero-order valence-electron chi connectivity index (χ0n) is 18.1. The zero-order chi connectivity index (χ0) is 22.5. The number of halogens is 1. The van der Waals surface area contributed by atoms with Crippen molar-refractivity contribution in [2.45, 2.75) is 24.0 Å². The first-order chi connectivity index (χ1) is 16.1. The molecule has 0 bridgehead atoms. The average molecular weight is 457 g/mol. The largest absolute Gasteiger partial charge is 0.480 e. The summed E-state index contributed by atoms with van der Waals surface area (Å²) >= 11 is 1.69. The second-order valence-corrected chi connectivity index (χ2v) is 9.06. The summed E-state index contributed by atoms with van der Waals surface area (Å²) in [6.07, 6.45) is 3.13. The van der Waals surface area contributed by atoms with Gasteiger partial charge in [-0.2, -0.15) is 10.1 Å². The Balaban J connectivity index is 1.63. The fraction of sp³-hybridized carbons (Fsp3) is 0.154. The van der Waals surface area contributed by atoms with E-state index in [1.165, 1.54) is 17.3 Å². The fourth-order valence-electron chi connectivity index (χ4n) is 4.63. The van der Waals surface area contributed by atoms with Crippen LogP contribution in [0.4, 0.5) is 10.3 Å². The summed E-state index contributed by atoms with van der Waals surface area (Å²) in [7, 11) is 0. The van der Waals surface area contributed by atoms with Gasteiger partial charge in [-0.15, -0.1) is 11.8 Å². The minimum absolute atomic E-state index is 0.288. The first-order valence-corrected chi connectivity index (χ1v) is 11.9. The molecule has 4 aromatic rings. The highest BCUT2D eigenvalue weighted by Crippen LogP contribution is 2.51. The number of benzene rings is 3. The van der Waals surface area contributed by atoms with Gasteiger partial charge in [0.25, 0.3) is 0 Å². The number of fused-ring (bicyclic) bond motifs is 3. The van der Waals surface area contributed by atoms with Crippen LogP contribution in [0.15, 0.2) is 83.5 Å². The molecular weight excluding hydrogens is 435 g/mol. The van der Waals surface area contributed by atoms with E-state index in [-0.39, 0.29) is 5.82 Å². The van der Waals surface area contributed by atoms with E-state index in [1.54, 1.807) is 28.6 Å². The lowest BCUT2D eigenvalue weighted by molar-refractivity contribution is 0.222. The molecule has 0 saturated carbocycles. The molecule has 6 rings (SSSR count). The number of nitrogens with zero attached hydrogens (tertiary/aromatic N) is 3. The molecular formula is C26H21FN4OS. The number of aryl methyl sites for hydroxylation is 1. The highest BCUT2D eigenvalue weighted by Gasteiger charge is 2.41. The predicted octanol–water partition coefficient (Wildman–Crippen LogP) is 6.01. The van der Waals surface area contributed by atoms with Crippen LogP contribution < -0.4 is 10.1 Å². The molecule has 0 aliphatic carbocycles. The van der Waals surface area contributed by atoms with E-state index in [2.05, 4.69) is 52.0 Å². The summed E-state index contributed by atoms with van der Waals surface area (Å²) in [4.78, 5) is 5.58. The van der Waals surface area contributed by atoms with Gasteiger partial charge in [-0.25, -0.2) is 9.07 Å². The lowest BCUT2D eigenvalue weighted by Crippen LogP contribution is -2.32. The van der Waals surface area contributed by atoms with Crippen LogP contribution in [0.1, 0.15) is 34.4 Å². The maximum absolute atomic E-state index is 15.2. The third kappa shape index (κ3) is 3.23. The molecule has 164 valence electrons. The van der Waals surface area contributed by atoms with E-state index in [0.29, 0.717) is 11.5 Å². The number of hydrogen-bond donors (Lipinski definition) is 1. The number of nitrogens with one attached hydrogen (secondary N) is 1. The third-order valence-electron chi connectivity index (χ3n) is 6.19. The Bertz CT molecular complexity index is 1400. The first-order valence-electron chi connectivity index (χ1n) is 10.7. The molecule has 2 aliphatic rings. The molecule has 2 atom stereocenters. The number of ether oxygens (including phenoxy) is 1. The summed E-state index contributed by atoms with van der Waals surface area (Å²) in [6, 6.07) is 20.8. The van der Waals surface area contributed by atoms with Crippen LogP contribution in [0.3, 0.4) is 0 Å². The molecule has 0 amide bonds. The third-order valence-corrected chi connectivity index (χ3v) is 6.93. The Morgan fingerprint density at radius 1 is 1.06 bits per heavy atom. The Morgan fingerprint density at radius 2 is 1.88 bits per heavy atom. The quantitative estimate of drug-likeness (QED) is 0.383. The second-order valence-electron chi connectivity index (χ2n) is 8.18.